The van der Waals surface area contributed by atoms with Crippen LogP contribution in [0, 0.1) is 10.1 Å². The van der Waals surface area contributed by atoms with E-state index in [1.807, 2.05) is 0 Å². The van der Waals surface area contributed by atoms with Crippen LogP contribution in [0.15, 0.2) is 54.6 Å². The van der Waals surface area contributed by atoms with Gasteiger partial charge in [0.15, 0.2) is 6.61 Å². The molecule has 25 heavy (non-hydrogen) atoms. The van der Waals surface area contributed by atoms with E-state index in [4.69, 9.17) is 16.3 Å². The Balaban J connectivity index is 1.81. The second-order valence-electron chi connectivity index (χ2n) is 4.85. The van der Waals surface area contributed by atoms with Crippen LogP contribution in [-0.2, 0) is 14.3 Å². The first-order valence-corrected chi connectivity index (χ1v) is 7.46. The van der Waals surface area contributed by atoms with Gasteiger partial charge < -0.3 is 10.1 Å². The van der Waals surface area contributed by atoms with Crippen molar-refractivity contribution in [3.05, 3.63) is 75.3 Å². The van der Waals surface area contributed by atoms with Crippen molar-refractivity contribution < 1.29 is 19.2 Å². The fraction of sp³-hybridized carbons (Fsp3) is 0.0588. The molecule has 0 aromatic heterocycles. The molecule has 0 aliphatic heterocycles. The number of nitro benzene ring substituents is 1. The number of anilines is 1. The molecule has 128 valence electrons. The Labute approximate surface area is 148 Å². The lowest BCUT2D eigenvalue weighted by Gasteiger charge is -2.05. The lowest BCUT2D eigenvalue weighted by atomic mass is 10.2. The normalized spacial score (nSPS) is 10.4. The predicted octanol–water partition coefficient (Wildman–Crippen LogP) is 3.44. The summed E-state index contributed by atoms with van der Waals surface area (Å²) >= 11 is 5.80. The molecule has 0 saturated heterocycles. The summed E-state index contributed by atoms with van der Waals surface area (Å²) in [6.45, 7) is -0.448. The second-order valence-corrected chi connectivity index (χ2v) is 5.28. The lowest BCUT2D eigenvalue weighted by Crippen LogP contribution is -2.20. The number of esters is 1. The Morgan fingerprint density at radius 3 is 2.56 bits per heavy atom. The lowest BCUT2D eigenvalue weighted by molar-refractivity contribution is -0.384. The van der Waals surface area contributed by atoms with Gasteiger partial charge in [0.05, 0.1) is 4.92 Å². The molecular formula is C17H13ClN2O5. The highest BCUT2D eigenvalue weighted by Gasteiger charge is 2.06. The standard InChI is InChI=1S/C17H13ClN2O5/c18-13-2-1-3-14(10-13)19-16(21)11-25-17(22)9-6-12-4-7-15(8-5-12)20(23)24/h1-10H,11H2,(H,19,21)/b9-6+. The SMILES string of the molecule is O=C(COC(=O)/C=C/c1ccc([N+](=O)[O-])cc1)Nc1cccc(Cl)c1. The van der Waals surface area contributed by atoms with Gasteiger partial charge in [0, 0.05) is 28.9 Å². The Morgan fingerprint density at radius 1 is 1.20 bits per heavy atom. The van der Waals surface area contributed by atoms with Crippen molar-refractivity contribution in [3.8, 4) is 0 Å². The van der Waals surface area contributed by atoms with Crippen LogP contribution >= 0.6 is 11.6 Å². The molecule has 0 bridgehead atoms. The maximum absolute atomic E-state index is 11.7. The summed E-state index contributed by atoms with van der Waals surface area (Å²) < 4.78 is 4.81. The molecule has 2 aromatic carbocycles. The molecule has 1 N–H and O–H groups in total. The molecule has 7 nitrogen and oxygen atoms in total. The summed E-state index contributed by atoms with van der Waals surface area (Å²) in [7, 11) is 0. The molecule has 1 amide bonds. The van der Waals surface area contributed by atoms with Gasteiger partial charge in [0.2, 0.25) is 0 Å². The Morgan fingerprint density at radius 2 is 1.92 bits per heavy atom. The average molecular weight is 361 g/mol. The van der Waals surface area contributed by atoms with Gasteiger partial charge in [-0.1, -0.05) is 17.7 Å². The molecule has 0 aliphatic carbocycles. The number of ether oxygens (including phenoxy) is 1. The number of carbonyl (C=O) groups excluding carboxylic acids is 2. The number of hydrogen-bond donors (Lipinski definition) is 1. The largest absolute Gasteiger partial charge is 0.452 e. The summed E-state index contributed by atoms with van der Waals surface area (Å²) in [4.78, 5) is 33.3. The molecule has 2 rings (SSSR count). The van der Waals surface area contributed by atoms with Crippen molar-refractivity contribution >= 4 is 40.9 Å². The van der Waals surface area contributed by atoms with Crippen molar-refractivity contribution in [1.29, 1.82) is 0 Å². The Kier molecular flexibility index (Phi) is 6.25. The molecule has 0 spiro atoms. The van der Waals surface area contributed by atoms with Gasteiger partial charge in [-0.25, -0.2) is 4.79 Å². The third kappa shape index (κ3) is 6.08. The van der Waals surface area contributed by atoms with E-state index in [0.29, 0.717) is 16.3 Å². The van der Waals surface area contributed by atoms with Crippen LogP contribution in [0.25, 0.3) is 6.08 Å². The van der Waals surface area contributed by atoms with Gasteiger partial charge >= 0.3 is 5.97 Å². The number of benzene rings is 2. The van der Waals surface area contributed by atoms with Gasteiger partial charge in [-0.15, -0.1) is 0 Å². The van der Waals surface area contributed by atoms with Crippen molar-refractivity contribution in [2.75, 3.05) is 11.9 Å². The number of halogens is 1. The number of amides is 1. The van der Waals surface area contributed by atoms with Crippen molar-refractivity contribution in [2.24, 2.45) is 0 Å². The summed E-state index contributed by atoms with van der Waals surface area (Å²) in [5, 5.41) is 13.6. The summed E-state index contributed by atoms with van der Waals surface area (Å²) in [6.07, 6.45) is 2.56. The maximum Gasteiger partial charge on any atom is 0.331 e. The van der Waals surface area contributed by atoms with Gasteiger partial charge in [0.25, 0.3) is 11.6 Å². The summed E-state index contributed by atoms with van der Waals surface area (Å²) in [5.74, 6) is -1.21. The highest BCUT2D eigenvalue weighted by Crippen LogP contribution is 2.15. The van der Waals surface area contributed by atoms with Gasteiger partial charge in [-0.2, -0.15) is 0 Å². The average Bonchev–Trinajstić information content (AvgIpc) is 2.58. The van der Waals surface area contributed by atoms with Crippen molar-refractivity contribution in [3.63, 3.8) is 0 Å². The summed E-state index contributed by atoms with van der Waals surface area (Å²) in [5.41, 5.74) is 1.04. The van der Waals surface area contributed by atoms with Crippen LogP contribution in [0.2, 0.25) is 5.02 Å². The van der Waals surface area contributed by atoms with Crippen LogP contribution in [0.1, 0.15) is 5.56 Å². The number of nitrogens with one attached hydrogen (secondary N) is 1. The topological polar surface area (TPSA) is 98.5 Å². The Bertz CT molecular complexity index is 818. The minimum absolute atomic E-state index is 0.0441. The first kappa shape index (κ1) is 18.2. The molecule has 0 radical (unpaired) electrons. The van der Waals surface area contributed by atoms with E-state index in [0.717, 1.165) is 6.08 Å². The van der Waals surface area contributed by atoms with Crippen LogP contribution in [0.3, 0.4) is 0 Å². The minimum Gasteiger partial charge on any atom is -0.452 e. The number of non-ortho nitro benzene ring substituents is 1. The molecular weight excluding hydrogens is 348 g/mol. The number of hydrogen-bond acceptors (Lipinski definition) is 5. The zero-order chi connectivity index (χ0) is 18.2. The van der Waals surface area contributed by atoms with Crippen molar-refractivity contribution in [1.82, 2.24) is 0 Å². The molecule has 0 heterocycles. The highest BCUT2D eigenvalue weighted by molar-refractivity contribution is 6.30. The zero-order valence-electron chi connectivity index (χ0n) is 12.8. The quantitative estimate of drug-likeness (QED) is 0.368. The number of nitro groups is 1. The van der Waals surface area contributed by atoms with E-state index >= 15 is 0 Å². The van der Waals surface area contributed by atoms with Gasteiger partial charge in [0.1, 0.15) is 0 Å². The van der Waals surface area contributed by atoms with Crippen molar-refractivity contribution in [2.45, 2.75) is 0 Å². The predicted molar refractivity (Wildman–Crippen MR) is 93.2 cm³/mol. The fourth-order valence-electron chi connectivity index (χ4n) is 1.82. The zero-order valence-corrected chi connectivity index (χ0v) is 13.6. The van der Waals surface area contributed by atoms with E-state index in [-0.39, 0.29) is 5.69 Å². The van der Waals surface area contributed by atoms with E-state index in [9.17, 15) is 19.7 Å². The molecule has 2 aromatic rings. The first-order valence-electron chi connectivity index (χ1n) is 7.09. The summed E-state index contributed by atoms with van der Waals surface area (Å²) in [6, 6.07) is 12.2. The third-order valence-corrected chi connectivity index (χ3v) is 3.20. The molecule has 0 unspecified atom stereocenters. The van der Waals surface area contributed by atoms with E-state index in [1.54, 1.807) is 24.3 Å². The monoisotopic (exact) mass is 360 g/mol. The van der Waals surface area contributed by atoms with Gasteiger partial charge in [-0.3, -0.25) is 14.9 Å². The second kappa shape index (κ2) is 8.60. The Hall–Kier alpha value is -3.19. The van der Waals surface area contributed by atoms with E-state index < -0.39 is 23.4 Å². The molecule has 0 aliphatic rings. The maximum atomic E-state index is 11.7. The van der Waals surface area contributed by atoms with Crippen LogP contribution < -0.4 is 5.32 Å². The van der Waals surface area contributed by atoms with Crippen LogP contribution in [0.5, 0.6) is 0 Å². The number of nitrogens with zero attached hydrogens (tertiary/aromatic N) is 1. The fourth-order valence-corrected chi connectivity index (χ4v) is 2.01. The minimum atomic E-state index is -0.709. The van der Waals surface area contributed by atoms with Gasteiger partial charge in [-0.05, 0) is 42.0 Å². The van der Waals surface area contributed by atoms with E-state index in [1.165, 1.54) is 30.3 Å². The molecule has 0 fully saturated rings. The third-order valence-electron chi connectivity index (χ3n) is 2.97. The highest BCUT2D eigenvalue weighted by atomic mass is 35.5. The van der Waals surface area contributed by atoms with E-state index in [2.05, 4.69) is 5.32 Å². The smallest absolute Gasteiger partial charge is 0.331 e. The first-order chi connectivity index (χ1) is 11.9. The molecule has 0 saturated carbocycles. The van der Waals surface area contributed by atoms with Crippen LogP contribution in [-0.4, -0.2) is 23.4 Å². The number of carbonyl (C=O) groups is 2. The molecule has 0 atom stereocenters. The number of rotatable bonds is 6. The van der Waals surface area contributed by atoms with Crippen LogP contribution in [0.4, 0.5) is 11.4 Å². The molecule has 8 heteroatoms.